The highest BCUT2D eigenvalue weighted by Gasteiger charge is 2.35. The summed E-state index contributed by atoms with van der Waals surface area (Å²) in [5, 5.41) is 14.6. The van der Waals surface area contributed by atoms with Crippen LogP contribution in [0.1, 0.15) is 18.3 Å². The van der Waals surface area contributed by atoms with Crippen molar-refractivity contribution in [1.29, 1.82) is 0 Å². The molecule has 1 aromatic heterocycles. The lowest BCUT2D eigenvalue weighted by atomic mass is 10.0. The summed E-state index contributed by atoms with van der Waals surface area (Å²) in [5.74, 6) is 0. The SMILES string of the molecule is CC(O)(CN)c1cc(C(F)(F)F)[nH]n1. The number of aliphatic hydroxyl groups is 1. The smallest absolute Gasteiger partial charge is 0.382 e. The Balaban J connectivity index is 3.00. The quantitative estimate of drug-likeness (QED) is 0.667. The normalized spacial score (nSPS) is 16.7. The minimum atomic E-state index is -4.49. The molecular weight excluding hydrogens is 199 g/mol. The number of H-pyrrole nitrogens is 1. The molecule has 0 saturated carbocycles. The van der Waals surface area contributed by atoms with E-state index in [1.165, 1.54) is 6.92 Å². The largest absolute Gasteiger partial charge is 0.432 e. The van der Waals surface area contributed by atoms with Crippen LogP contribution in [0.4, 0.5) is 13.2 Å². The molecule has 0 radical (unpaired) electrons. The van der Waals surface area contributed by atoms with E-state index in [1.807, 2.05) is 0 Å². The van der Waals surface area contributed by atoms with Crippen LogP contribution in [0.2, 0.25) is 0 Å². The van der Waals surface area contributed by atoms with Gasteiger partial charge in [-0.25, -0.2) is 0 Å². The zero-order valence-electron chi connectivity index (χ0n) is 7.39. The molecule has 4 nitrogen and oxygen atoms in total. The Morgan fingerprint density at radius 2 is 2.14 bits per heavy atom. The van der Waals surface area contributed by atoms with Gasteiger partial charge in [0.05, 0.1) is 5.69 Å². The monoisotopic (exact) mass is 209 g/mol. The van der Waals surface area contributed by atoms with Crippen LogP contribution in [0.3, 0.4) is 0 Å². The molecule has 1 heterocycles. The molecule has 14 heavy (non-hydrogen) atoms. The van der Waals surface area contributed by atoms with Crippen molar-refractivity contribution in [2.24, 2.45) is 5.73 Å². The van der Waals surface area contributed by atoms with Crippen LogP contribution in [0.15, 0.2) is 6.07 Å². The number of nitrogens with two attached hydrogens (primary N) is 1. The van der Waals surface area contributed by atoms with E-state index in [9.17, 15) is 18.3 Å². The zero-order valence-corrected chi connectivity index (χ0v) is 7.39. The second kappa shape index (κ2) is 3.25. The van der Waals surface area contributed by atoms with Crippen LogP contribution >= 0.6 is 0 Å². The van der Waals surface area contributed by atoms with Crippen molar-refractivity contribution in [3.05, 3.63) is 17.5 Å². The van der Waals surface area contributed by atoms with Crippen LogP contribution in [0.5, 0.6) is 0 Å². The summed E-state index contributed by atoms with van der Waals surface area (Å²) in [6.07, 6.45) is -4.49. The van der Waals surface area contributed by atoms with Gasteiger partial charge < -0.3 is 10.8 Å². The van der Waals surface area contributed by atoms with E-state index < -0.39 is 17.5 Å². The second-order valence-corrected chi connectivity index (χ2v) is 3.14. The van der Waals surface area contributed by atoms with Crippen LogP contribution in [0, 0.1) is 0 Å². The van der Waals surface area contributed by atoms with Crippen molar-refractivity contribution >= 4 is 0 Å². The average Bonchev–Trinajstić information content (AvgIpc) is 2.51. The molecule has 0 bridgehead atoms. The molecule has 0 amide bonds. The minimum Gasteiger partial charge on any atom is -0.382 e. The van der Waals surface area contributed by atoms with Gasteiger partial charge in [-0.1, -0.05) is 0 Å². The Morgan fingerprint density at radius 1 is 1.57 bits per heavy atom. The van der Waals surface area contributed by atoms with Crippen LogP contribution in [0.25, 0.3) is 0 Å². The van der Waals surface area contributed by atoms with E-state index in [0.717, 1.165) is 6.07 Å². The number of halogens is 3. The van der Waals surface area contributed by atoms with E-state index in [-0.39, 0.29) is 12.2 Å². The van der Waals surface area contributed by atoms with E-state index in [2.05, 4.69) is 5.10 Å². The van der Waals surface area contributed by atoms with Crippen LogP contribution < -0.4 is 5.73 Å². The maximum atomic E-state index is 12.1. The molecule has 0 aliphatic heterocycles. The zero-order chi connectivity index (χ0) is 11.0. The standard InChI is InChI=1S/C7H10F3N3O/c1-6(14,3-11)4-2-5(13-12-4)7(8,9)10/h2,14H,3,11H2,1H3,(H,12,13). The fraction of sp³-hybridized carbons (Fsp3) is 0.571. The Hall–Kier alpha value is -1.08. The molecule has 0 saturated heterocycles. The molecule has 0 aromatic carbocycles. The molecule has 0 fully saturated rings. The number of nitrogens with zero attached hydrogens (tertiary/aromatic N) is 1. The number of hydrogen-bond donors (Lipinski definition) is 3. The third-order valence-electron chi connectivity index (χ3n) is 1.83. The lowest BCUT2D eigenvalue weighted by molar-refractivity contribution is -0.141. The van der Waals surface area contributed by atoms with Crippen molar-refractivity contribution < 1.29 is 18.3 Å². The summed E-state index contributed by atoms with van der Waals surface area (Å²) < 4.78 is 36.3. The Morgan fingerprint density at radius 3 is 2.50 bits per heavy atom. The number of nitrogens with one attached hydrogen (secondary N) is 1. The summed E-state index contributed by atoms with van der Waals surface area (Å²) in [4.78, 5) is 0. The van der Waals surface area contributed by atoms with Gasteiger partial charge in [0, 0.05) is 6.54 Å². The summed E-state index contributed by atoms with van der Waals surface area (Å²) in [7, 11) is 0. The number of alkyl halides is 3. The predicted octanol–water partition coefficient (Wildman–Crippen LogP) is 0.595. The number of hydrogen-bond acceptors (Lipinski definition) is 3. The summed E-state index contributed by atoms with van der Waals surface area (Å²) in [6.45, 7) is 1.10. The predicted molar refractivity (Wildman–Crippen MR) is 42.2 cm³/mol. The summed E-state index contributed by atoms with van der Waals surface area (Å²) >= 11 is 0. The Labute approximate surface area is 77.9 Å². The molecule has 1 unspecified atom stereocenters. The van der Waals surface area contributed by atoms with Gasteiger partial charge >= 0.3 is 6.18 Å². The molecule has 0 aliphatic carbocycles. The number of rotatable bonds is 2. The highest BCUT2D eigenvalue weighted by molar-refractivity contribution is 5.17. The van der Waals surface area contributed by atoms with Crippen molar-refractivity contribution in [2.75, 3.05) is 6.54 Å². The third kappa shape index (κ3) is 2.05. The topological polar surface area (TPSA) is 74.9 Å². The molecule has 1 aromatic rings. The molecule has 4 N–H and O–H groups in total. The number of aromatic nitrogens is 2. The highest BCUT2D eigenvalue weighted by atomic mass is 19.4. The third-order valence-corrected chi connectivity index (χ3v) is 1.83. The molecule has 1 atom stereocenters. The first-order valence-electron chi connectivity index (χ1n) is 3.83. The minimum absolute atomic E-state index is 0.118. The Bertz CT molecular complexity index is 318. The van der Waals surface area contributed by atoms with Crippen LogP contribution in [-0.4, -0.2) is 21.8 Å². The molecule has 7 heteroatoms. The van der Waals surface area contributed by atoms with Crippen molar-refractivity contribution in [3.8, 4) is 0 Å². The van der Waals surface area contributed by atoms with Crippen molar-refractivity contribution in [2.45, 2.75) is 18.7 Å². The lowest BCUT2D eigenvalue weighted by Gasteiger charge is -2.17. The van der Waals surface area contributed by atoms with Gasteiger partial charge in [-0.2, -0.15) is 18.3 Å². The average molecular weight is 209 g/mol. The molecular formula is C7H10F3N3O. The van der Waals surface area contributed by atoms with Gasteiger partial charge in [0.2, 0.25) is 0 Å². The maximum Gasteiger partial charge on any atom is 0.432 e. The molecule has 0 aliphatic rings. The molecule has 80 valence electrons. The van der Waals surface area contributed by atoms with Gasteiger partial charge in [0.25, 0.3) is 0 Å². The highest BCUT2D eigenvalue weighted by Crippen LogP contribution is 2.29. The summed E-state index contributed by atoms with van der Waals surface area (Å²) in [6, 6.07) is 0.743. The molecule has 1 rings (SSSR count). The van der Waals surface area contributed by atoms with Gasteiger partial charge in [-0.3, -0.25) is 5.10 Å². The molecule has 0 spiro atoms. The van der Waals surface area contributed by atoms with Gasteiger partial charge in [-0.05, 0) is 13.0 Å². The Kier molecular flexibility index (Phi) is 2.55. The first kappa shape index (κ1) is 11.0. The van der Waals surface area contributed by atoms with Crippen LogP contribution in [-0.2, 0) is 11.8 Å². The van der Waals surface area contributed by atoms with Gasteiger partial charge in [0.1, 0.15) is 11.3 Å². The second-order valence-electron chi connectivity index (χ2n) is 3.14. The maximum absolute atomic E-state index is 12.1. The number of aromatic amines is 1. The van der Waals surface area contributed by atoms with Gasteiger partial charge in [-0.15, -0.1) is 0 Å². The van der Waals surface area contributed by atoms with E-state index in [4.69, 9.17) is 5.73 Å². The van der Waals surface area contributed by atoms with Crippen molar-refractivity contribution in [1.82, 2.24) is 10.2 Å². The van der Waals surface area contributed by atoms with E-state index in [0.29, 0.717) is 0 Å². The lowest BCUT2D eigenvalue weighted by Crippen LogP contribution is -2.31. The fourth-order valence-electron chi connectivity index (χ4n) is 0.847. The first-order valence-corrected chi connectivity index (χ1v) is 3.83. The van der Waals surface area contributed by atoms with E-state index in [1.54, 1.807) is 5.10 Å². The fourth-order valence-corrected chi connectivity index (χ4v) is 0.847. The van der Waals surface area contributed by atoms with Gasteiger partial charge in [0.15, 0.2) is 0 Å². The first-order chi connectivity index (χ1) is 6.27. The van der Waals surface area contributed by atoms with Crippen molar-refractivity contribution in [3.63, 3.8) is 0 Å². The summed E-state index contributed by atoms with van der Waals surface area (Å²) in [5.41, 5.74) is 2.51. The van der Waals surface area contributed by atoms with E-state index >= 15 is 0 Å².